The second kappa shape index (κ2) is 6.54. The first-order chi connectivity index (χ1) is 11.1. The third-order valence-corrected chi connectivity index (χ3v) is 4.55. The second-order valence-corrected chi connectivity index (χ2v) is 6.00. The number of hydrogen-bond donors (Lipinski definition) is 2. The van der Waals surface area contributed by atoms with Crippen molar-refractivity contribution in [3.63, 3.8) is 0 Å². The number of hydrogen-bond acceptors (Lipinski definition) is 5. The number of fused-ring (bicyclic) bond motifs is 2. The number of allylic oxidation sites excluding steroid dienone is 2. The molecule has 7 heteroatoms. The van der Waals surface area contributed by atoms with E-state index < -0.39 is 11.9 Å². The Morgan fingerprint density at radius 1 is 1.26 bits per heavy atom. The van der Waals surface area contributed by atoms with Gasteiger partial charge in [-0.3, -0.25) is 4.79 Å². The lowest BCUT2D eigenvalue weighted by atomic mass is 9.77. The molecule has 0 radical (unpaired) electrons. The summed E-state index contributed by atoms with van der Waals surface area (Å²) in [6.07, 6.45) is 8.46. The van der Waals surface area contributed by atoms with Crippen molar-refractivity contribution in [1.29, 1.82) is 0 Å². The summed E-state index contributed by atoms with van der Waals surface area (Å²) >= 11 is 0. The van der Waals surface area contributed by atoms with Gasteiger partial charge in [0.2, 0.25) is 5.89 Å². The molecule has 124 valence electrons. The summed E-state index contributed by atoms with van der Waals surface area (Å²) in [5, 5.41) is 17.6. The molecule has 0 aromatic carbocycles. The number of aromatic nitrogens is 1. The van der Waals surface area contributed by atoms with Crippen LogP contribution in [0.1, 0.15) is 54.4 Å². The van der Waals surface area contributed by atoms with Crippen molar-refractivity contribution >= 4 is 11.9 Å². The van der Waals surface area contributed by atoms with E-state index in [0.717, 1.165) is 19.3 Å². The molecular weight excluding hydrogens is 302 g/mol. The number of carboxylic acids is 2. The molecule has 1 aromatic rings. The zero-order chi connectivity index (χ0) is 16.4. The van der Waals surface area contributed by atoms with Gasteiger partial charge in [0.1, 0.15) is 6.26 Å². The van der Waals surface area contributed by atoms with Gasteiger partial charge in [0.15, 0.2) is 5.69 Å². The fraction of sp³-hybridized carbons (Fsp3) is 0.562. The summed E-state index contributed by atoms with van der Waals surface area (Å²) < 4.78 is 11.3. The van der Waals surface area contributed by atoms with E-state index in [0.29, 0.717) is 12.3 Å². The van der Waals surface area contributed by atoms with Gasteiger partial charge in [0, 0.05) is 12.3 Å². The van der Waals surface area contributed by atoms with Gasteiger partial charge in [0.05, 0.1) is 18.1 Å². The van der Waals surface area contributed by atoms with Crippen LogP contribution in [0.3, 0.4) is 0 Å². The van der Waals surface area contributed by atoms with Crippen molar-refractivity contribution < 1.29 is 29.0 Å². The fourth-order valence-corrected chi connectivity index (χ4v) is 3.53. The molecule has 23 heavy (non-hydrogen) atoms. The highest BCUT2D eigenvalue weighted by atomic mass is 16.5. The Morgan fingerprint density at radius 3 is 2.74 bits per heavy atom. The van der Waals surface area contributed by atoms with E-state index in [-0.39, 0.29) is 36.2 Å². The summed E-state index contributed by atoms with van der Waals surface area (Å²) in [5.74, 6) is -1.33. The number of carboxylic acid groups (broad SMARTS) is 2. The summed E-state index contributed by atoms with van der Waals surface area (Å²) in [5.41, 5.74) is -0.0847. The third kappa shape index (κ3) is 3.29. The normalized spacial score (nSPS) is 29.4. The maximum atomic E-state index is 11.0. The first kappa shape index (κ1) is 15.7. The molecule has 4 atom stereocenters. The lowest BCUT2D eigenvalue weighted by molar-refractivity contribution is -0.136. The van der Waals surface area contributed by atoms with Gasteiger partial charge in [0.25, 0.3) is 0 Å². The number of aromatic carboxylic acids is 1. The van der Waals surface area contributed by atoms with Crippen LogP contribution >= 0.6 is 0 Å². The van der Waals surface area contributed by atoms with Crippen molar-refractivity contribution in [2.75, 3.05) is 0 Å². The maximum Gasteiger partial charge on any atom is 0.357 e. The van der Waals surface area contributed by atoms with Crippen LogP contribution in [0.5, 0.6) is 0 Å². The van der Waals surface area contributed by atoms with Crippen molar-refractivity contribution in [2.24, 2.45) is 5.92 Å². The molecule has 7 nitrogen and oxygen atoms in total. The van der Waals surface area contributed by atoms with Crippen molar-refractivity contribution in [3.05, 3.63) is 30.0 Å². The Hall–Kier alpha value is -2.15. The van der Waals surface area contributed by atoms with Gasteiger partial charge < -0.3 is 19.4 Å². The van der Waals surface area contributed by atoms with Gasteiger partial charge in [-0.05, 0) is 25.7 Å². The molecule has 0 saturated carbocycles. The Balaban J connectivity index is 1.67. The molecule has 0 aliphatic carbocycles. The van der Waals surface area contributed by atoms with E-state index in [9.17, 15) is 9.59 Å². The second-order valence-electron chi connectivity index (χ2n) is 6.00. The number of ether oxygens (including phenoxy) is 1. The van der Waals surface area contributed by atoms with Crippen LogP contribution in [0.2, 0.25) is 0 Å². The zero-order valence-electron chi connectivity index (χ0n) is 12.6. The molecule has 0 amide bonds. The van der Waals surface area contributed by atoms with Crippen molar-refractivity contribution in [3.8, 4) is 0 Å². The minimum absolute atomic E-state index is 0.0257. The van der Waals surface area contributed by atoms with E-state index in [1.807, 2.05) is 12.2 Å². The van der Waals surface area contributed by atoms with Crippen LogP contribution in [0.4, 0.5) is 0 Å². The monoisotopic (exact) mass is 321 g/mol. The first-order valence-corrected chi connectivity index (χ1v) is 7.77. The average molecular weight is 321 g/mol. The van der Waals surface area contributed by atoms with Crippen LogP contribution in [0, 0.1) is 5.92 Å². The topological polar surface area (TPSA) is 110 Å². The zero-order valence-corrected chi connectivity index (χ0v) is 12.6. The highest BCUT2D eigenvalue weighted by molar-refractivity contribution is 5.84. The smallest absolute Gasteiger partial charge is 0.357 e. The van der Waals surface area contributed by atoms with Crippen LogP contribution in [-0.2, 0) is 9.53 Å². The molecule has 1 aromatic heterocycles. The third-order valence-electron chi connectivity index (χ3n) is 4.55. The van der Waals surface area contributed by atoms with E-state index in [2.05, 4.69) is 4.98 Å². The first-order valence-electron chi connectivity index (χ1n) is 7.77. The van der Waals surface area contributed by atoms with E-state index >= 15 is 0 Å². The van der Waals surface area contributed by atoms with Gasteiger partial charge in [-0.2, -0.15) is 0 Å². The molecule has 2 bridgehead atoms. The van der Waals surface area contributed by atoms with Crippen LogP contribution in [0.15, 0.2) is 22.8 Å². The molecule has 0 unspecified atom stereocenters. The van der Waals surface area contributed by atoms with Gasteiger partial charge in [-0.15, -0.1) is 0 Å². The van der Waals surface area contributed by atoms with Crippen LogP contribution < -0.4 is 0 Å². The Morgan fingerprint density at radius 2 is 2.04 bits per heavy atom. The minimum Gasteiger partial charge on any atom is -0.481 e. The molecule has 3 rings (SSSR count). The summed E-state index contributed by atoms with van der Waals surface area (Å²) in [7, 11) is 0. The minimum atomic E-state index is -1.10. The Bertz CT molecular complexity index is 622. The predicted octanol–water partition coefficient (Wildman–Crippen LogP) is 2.44. The van der Waals surface area contributed by atoms with Crippen LogP contribution in [0.25, 0.3) is 0 Å². The number of aliphatic carboxylic acids is 1. The van der Waals surface area contributed by atoms with Gasteiger partial charge >= 0.3 is 11.9 Å². The highest BCUT2D eigenvalue weighted by Crippen LogP contribution is 2.50. The van der Waals surface area contributed by atoms with Gasteiger partial charge in [-0.25, -0.2) is 9.78 Å². The highest BCUT2D eigenvalue weighted by Gasteiger charge is 2.51. The number of oxazole rings is 1. The maximum absolute atomic E-state index is 11.0. The largest absolute Gasteiger partial charge is 0.481 e. The Kier molecular flexibility index (Phi) is 4.47. The predicted molar refractivity (Wildman–Crippen MR) is 78.2 cm³/mol. The molecule has 0 spiro atoms. The summed E-state index contributed by atoms with van der Waals surface area (Å²) in [6.45, 7) is 0. The van der Waals surface area contributed by atoms with E-state index in [1.165, 1.54) is 6.26 Å². The molecule has 2 N–H and O–H groups in total. The molecule has 2 fully saturated rings. The lowest BCUT2D eigenvalue weighted by Crippen LogP contribution is -2.25. The van der Waals surface area contributed by atoms with Crippen molar-refractivity contribution in [1.82, 2.24) is 4.98 Å². The summed E-state index contributed by atoms with van der Waals surface area (Å²) in [6, 6.07) is 0. The molecule has 2 saturated heterocycles. The van der Waals surface area contributed by atoms with Crippen molar-refractivity contribution in [2.45, 2.75) is 50.2 Å². The molecule has 3 heterocycles. The average Bonchev–Trinajstić information content (AvgIpc) is 3.21. The summed E-state index contributed by atoms with van der Waals surface area (Å²) in [4.78, 5) is 25.5. The number of carbonyl (C=O) groups is 2. The van der Waals surface area contributed by atoms with E-state index in [4.69, 9.17) is 19.4 Å². The number of rotatable bonds is 7. The molecular formula is C16H19NO6. The SMILES string of the molecule is O=C(O)CC/C=C\C[C@@H]1[C@H](c2nc(C(=O)O)co2)[C@H]2CC[C@@H]1O2. The Labute approximate surface area is 133 Å². The standard InChI is InChI=1S/C16H19NO6/c18-13(19)5-3-1-2-4-9-11-6-7-12(23-11)14(9)15-17-10(8-22-15)16(20)21/h1-2,8-9,11-12,14H,3-7H2,(H,18,19)(H,20,21)/b2-1-/t9-,11-,12+,14-/m0/s1. The van der Waals surface area contributed by atoms with Crippen LogP contribution in [-0.4, -0.2) is 39.3 Å². The molecule has 2 aliphatic heterocycles. The van der Waals surface area contributed by atoms with E-state index in [1.54, 1.807) is 0 Å². The molecule has 2 aliphatic rings. The fourth-order valence-electron chi connectivity index (χ4n) is 3.53. The lowest BCUT2D eigenvalue weighted by Gasteiger charge is -2.24. The number of nitrogens with zero attached hydrogens (tertiary/aromatic N) is 1. The quantitative estimate of drug-likeness (QED) is 0.742. The van der Waals surface area contributed by atoms with Gasteiger partial charge in [-0.1, -0.05) is 12.2 Å².